The van der Waals surface area contributed by atoms with E-state index in [0.717, 1.165) is 16.1 Å². The lowest BCUT2D eigenvalue weighted by Crippen LogP contribution is -2.18. The first-order valence-electron chi connectivity index (χ1n) is 6.51. The van der Waals surface area contributed by atoms with Crippen LogP contribution >= 0.6 is 23.2 Å². The first kappa shape index (κ1) is 14.7. The molecule has 0 fully saturated rings. The van der Waals surface area contributed by atoms with E-state index in [2.05, 4.69) is 0 Å². The van der Waals surface area contributed by atoms with E-state index in [9.17, 15) is 4.21 Å². The molecular weight excluding hydrogens is 329 g/mol. The van der Waals surface area contributed by atoms with Gasteiger partial charge in [-0.1, -0.05) is 41.4 Å². The van der Waals surface area contributed by atoms with Crippen molar-refractivity contribution in [3.8, 4) is 5.75 Å². The van der Waals surface area contributed by atoms with Gasteiger partial charge in [0.25, 0.3) is 0 Å². The Kier molecular flexibility index (Phi) is 4.11. The Morgan fingerprint density at radius 2 is 1.90 bits per heavy atom. The van der Waals surface area contributed by atoms with Crippen LogP contribution in [0.2, 0.25) is 10.0 Å². The second kappa shape index (κ2) is 5.87. The number of fused-ring (bicyclic) bond motifs is 1. The van der Waals surface area contributed by atoms with Crippen LogP contribution in [0.15, 0.2) is 41.3 Å². The van der Waals surface area contributed by atoms with E-state index in [4.69, 9.17) is 27.9 Å². The Bertz CT molecular complexity index is 698. The van der Waals surface area contributed by atoms with Gasteiger partial charge >= 0.3 is 0 Å². The fourth-order valence-corrected chi connectivity index (χ4v) is 4.22. The van der Waals surface area contributed by atoms with Gasteiger partial charge in [-0.05, 0) is 30.7 Å². The molecule has 1 atom stereocenters. The number of ether oxygens (including phenoxy) is 1. The number of hydrogen-bond donors (Lipinski definition) is 0. The van der Waals surface area contributed by atoms with Crippen molar-refractivity contribution in [3.63, 3.8) is 0 Å². The first-order valence-corrected chi connectivity index (χ1v) is 8.37. The summed E-state index contributed by atoms with van der Waals surface area (Å²) in [5, 5.41) is 0.847. The molecule has 2 aromatic rings. The van der Waals surface area contributed by atoms with Gasteiger partial charge in [-0.15, -0.1) is 0 Å². The van der Waals surface area contributed by atoms with Crippen LogP contribution in [0.25, 0.3) is 0 Å². The van der Waals surface area contributed by atoms with Crippen molar-refractivity contribution in [3.05, 3.63) is 52.0 Å². The number of halogens is 2. The number of anilines is 1. The predicted octanol–water partition coefficient (Wildman–Crippen LogP) is 4.43. The summed E-state index contributed by atoms with van der Waals surface area (Å²) in [7, 11) is -1.24. The molecule has 0 saturated heterocycles. The summed E-state index contributed by atoms with van der Waals surface area (Å²) in [5.41, 5.74) is 1.78. The first-order chi connectivity index (χ1) is 10.1. The highest BCUT2D eigenvalue weighted by atomic mass is 35.5. The van der Waals surface area contributed by atoms with Crippen molar-refractivity contribution >= 4 is 39.9 Å². The van der Waals surface area contributed by atoms with Gasteiger partial charge in [0.15, 0.2) is 16.7 Å². The zero-order chi connectivity index (χ0) is 15.0. The third-order valence-electron chi connectivity index (χ3n) is 3.23. The van der Waals surface area contributed by atoms with Crippen LogP contribution < -0.4 is 9.04 Å². The van der Waals surface area contributed by atoms with Crippen LogP contribution in [-0.2, 0) is 17.5 Å². The van der Waals surface area contributed by atoms with Crippen molar-refractivity contribution < 1.29 is 8.95 Å². The van der Waals surface area contributed by atoms with Gasteiger partial charge in [-0.25, -0.2) is 4.21 Å². The number of hydrogen-bond acceptors (Lipinski definition) is 2. The van der Waals surface area contributed by atoms with Gasteiger partial charge < -0.3 is 4.74 Å². The maximum atomic E-state index is 12.6. The van der Waals surface area contributed by atoms with Crippen LogP contribution in [0.4, 0.5) is 5.69 Å². The van der Waals surface area contributed by atoms with Gasteiger partial charge in [-0.2, -0.15) is 0 Å². The van der Waals surface area contributed by atoms with Gasteiger partial charge in [-0.3, -0.25) is 4.31 Å². The van der Waals surface area contributed by atoms with E-state index in [1.54, 1.807) is 16.4 Å². The number of rotatable bonds is 3. The van der Waals surface area contributed by atoms with Gasteiger partial charge in [0.2, 0.25) is 0 Å². The Morgan fingerprint density at radius 3 is 2.52 bits per heavy atom. The monoisotopic (exact) mass is 341 g/mol. The van der Waals surface area contributed by atoms with Crippen LogP contribution in [-0.4, -0.2) is 10.8 Å². The van der Waals surface area contributed by atoms with Crippen molar-refractivity contribution in [1.82, 2.24) is 0 Å². The molecule has 1 aliphatic rings. The standard InChI is InChI=1S/C15H13Cl2NO2S/c1-2-20-15-12(16)7-11(8-13(15)17)18-9-10-5-3-4-6-14(10)21(18)19/h3-8H,2,9H2,1H3. The maximum Gasteiger partial charge on any atom is 0.156 e. The molecule has 2 aromatic carbocycles. The summed E-state index contributed by atoms with van der Waals surface area (Å²) >= 11 is 12.4. The van der Waals surface area contributed by atoms with Gasteiger partial charge in [0, 0.05) is 0 Å². The highest BCUT2D eigenvalue weighted by molar-refractivity contribution is 7.86. The molecule has 21 heavy (non-hydrogen) atoms. The SMILES string of the molecule is CCOc1c(Cl)cc(N2Cc3ccccc3S2=O)cc1Cl. The van der Waals surface area contributed by atoms with Crippen LogP contribution in [0.1, 0.15) is 12.5 Å². The lowest BCUT2D eigenvalue weighted by Gasteiger charge is -2.18. The fourth-order valence-electron chi connectivity index (χ4n) is 2.30. The maximum absolute atomic E-state index is 12.6. The van der Waals surface area contributed by atoms with Crippen molar-refractivity contribution in [2.24, 2.45) is 0 Å². The second-order valence-corrected chi connectivity index (χ2v) is 6.76. The largest absolute Gasteiger partial charge is 0.491 e. The Balaban J connectivity index is 1.98. The third kappa shape index (κ3) is 2.63. The second-order valence-electron chi connectivity index (χ2n) is 4.57. The molecule has 0 aromatic heterocycles. The summed E-state index contributed by atoms with van der Waals surface area (Å²) in [6.07, 6.45) is 0. The zero-order valence-corrected chi connectivity index (χ0v) is 13.6. The van der Waals surface area contributed by atoms with E-state index in [1.165, 1.54) is 0 Å². The normalized spacial score (nSPS) is 16.9. The molecule has 6 heteroatoms. The zero-order valence-electron chi connectivity index (χ0n) is 11.3. The Labute approximate surface area is 136 Å². The van der Waals surface area contributed by atoms with E-state index >= 15 is 0 Å². The molecule has 0 spiro atoms. The van der Waals surface area contributed by atoms with E-state index in [-0.39, 0.29) is 0 Å². The molecule has 0 bridgehead atoms. The lowest BCUT2D eigenvalue weighted by molar-refractivity contribution is 0.340. The quantitative estimate of drug-likeness (QED) is 0.826. The topological polar surface area (TPSA) is 29.5 Å². The Morgan fingerprint density at radius 1 is 1.24 bits per heavy atom. The van der Waals surface area contributed by atoms with Crippen molar-refractivity contribution in [2.75, 3.05) is 10.9 Å². The van der Waals surface area contributed by atoms with Crippen LogP contribution in [0.3, 0.4) is 0 Å². The summed E-state index contributed by atoms with van der Waals surface area (Å²) < 4.78 is 19.7. The molecule has 1 aliphatic heterocycles. The highest BCUT2D eigenvalue weighted by Crippen LogP contribution is 2.40. The highest BCUT2D eigenvalue weighted by Gasteiger charge is 2.27. The fraction of sp³-hybridized carbons (Fsp3) is 0.200. The van der Waals surface area contributed by atoms with E-state index in [1.807, 2.05) is 31.2 Å². The average Bonchev–Trinajstić information content (AvgIpc) is 2.80. The van der Waals surface area contributed by atoms with E-state index < -0.39 is 11.0 Å². The molecule has 0 saturated carbocycles. The molecule has 0 amide bonds. The molecular formula is C15H13Cl2NO2S. The lowest BCUT2D eigenvalue weighted by atomic mass is 10.2. The van der Waals surface area contributed by atoms with Gasteiger partial charge in [0.05, 0.1) is 33.8 Å². The van der Waals surface area contributed by atoms with Crippen molar-refractivity contribution in [2.45, 2.75) is 18.4 Å². The molecule has 0 radical (unpaired) electrons. The number of nitrogens with zero attached hydrogens (tertiary/aromatic N) is 1. The molecule has 1 unspecified atom stereocenters. The van der Waals surface area contributed by atoms with E-state index in [0.29, 0.717) is 28.9 Å². The smallest absolute Gasteiger partial charge is 0.156 e. The molecule has 0 aliphatic carbocycles. The summed E-state index contributed by atoms with van der Waals surface area (Å²) in [6, 6.07) is 11.2. The Hall–Kier alpha value is -1.23. The summed E-state index contributed by atoms with van der Waals surface area (Å²) in [5.74, 6) is 0.465. The molecule has 1 heterocycles. The molecule has 110 valence electrons. The van der Waals surface area contributed by atoms with Gasteiger partial charge in [0.1, 0.15) is 0 Å². The van der Waals surface area contributed by atoms with Crippen molar-refractivity contribution in [1.29, 1.82) is 0 Å². The minimum atomic E-state index is -1.24. The predicted molar refractivity (Wildman–Crippen MR) is 86.7 cm³/mol. The van der Waals surface area contributed by atoms with Crippen LogP contribution in [0.5, 0.6) is 5.75 Å². The molecule has 3 rings (SSSR count). The van der Waals surface area contributed by atoms with Crippen LogP contribution in [0, 0.1) is 0 Å². The minimum absolute atomic E-state index is 0.423. The summed E-state index contributed by atoms with van der Waals surface area (Å²) in [4.78, 5) is 0.832. The average molecular weight is 342 g/mol. The summed E-state index contributed by atoms with van der Waals surface area (Å²) in [6.45, 7) is 2.93. The number of benzene rings is 2. The molecule has 3 nitrogen and oxygen atoms in total. The minimum Gasteiger partial charge on any atom is -0.491 e. The third-order valence-corrected chi connectivity index (χ3v) is 5.31. The molecule has 0 N–H and O–H groups in total.